The number of hydrogen-bond donors (Lipinski definition) is 3. The highest BCUT2D eigenvalue weighted by molar-refractivity contribution is 5.67. The summed E-state index contributed by atoms with van der Waals surface area (Å²) in [6.07, 6.45) is 3.49. The first-order valence-electron chi connectivity index (χ1n) is 8.13. The second-order valence-corrected chi connectivity index (χ2v) is 5.86. The lowest BCUT2D eigenvalue weighted by molar-refractivity contribution is 0.311. The van der Waals surface area contributed by atoms with Crippen molar-refractivity contribution in [1.82, 2.24) is 15.0 Å². The molecule has 0 radical (unpaired) electrons. The highest BCUT2D eigenvalue weighted by Crippen LogP contribution is 2.24. The molecular formula is C19H21N5O. The van der Waals surface area contributed by atoms with Crippen molar-refractivity contribution in [2.24, 2.45) is 0 Å². The van der Waals surface area contributed by atoms with Crippen LogP contribution in [0.15, 0.2) is 48.8 Å². The summed E-state index contributed by atoms with van der Waals surface area (Å²) >= 11 is 0. The summed E-state index contributed by atoms with van der Waals surface area (Å²) in [6.45, 7) is 4.53. The van der Waals surface area contributed by atoms with Gasteiger partial charge in [0.25, 0.3) is 0 Å². The van der Waals surface area contributed by atoms with Gasteiger partial charge in [0.1, 0.15) is 5.82 Å². The van der Waals surface area contributed by atoms with Crippen LogP contribution in [0.5, 0.6) is 0 Å². The van der Waals surface area contributed by atoms with Gasteiger partial charge < -0.3 is 15.7 Å². The van der Waals surface area contributed by atoms with Gasteiger partial charge in [0.2, 0.25) is 5.95 Å². The summed E-state index contributed by atoms with van der Waals surface area (Å²) in [5, 5.41) is 15.4. The molecule has 6 heteroatoms. The molecule has 2 aromatic heterocycles. The second-order valence-electron chi connectivity index (χ2n) is 5.86. The SMILES string of the molecule is Cc1cc(C)cc(Nc2cc(-c3cccnc3)nc(NCCO)n2)c1. The third-order valence-electron chi connectivity index (χ3n) is 3.57. The fraction of sp³-hybridized carbons (Fsp3) is 0.211. The molecule has 128 valence electrons. The van der Waals surface area contributed by atoms with E-state index in [0.717, 1.165) is 16.9 Å². The maximum absolute atomic E-state index is 9.04. The smallest absolute Gasteiger partial charge is 0.225 e. The number of anilines is 3. The Morgan fingerprint density at radius 2 is 1.84 bits per heavy atom. The molecule has 0 fully saturated rings. The molecule has 0 aliphatic heterocycles. The minimum absolute atomic E-state index is 0.0142. The van der Waals surface area contributed by atoms with Crippen LogP contribution in [0.4, 0.5) is 17.5 Å². The topological polar surface area (TPSA) is 83.0 Å². The first kappa shape index (κ1) is 16.9. The zero-order chi connectivity index (χ0) is 17.6. The maximum Gasteiger partial charge on any atom is 0.225 e. The summed E-state index contributed by atoms with van der Waals surface area (Å²) in [7, 11) is 0. The maximum atomic E-state index is 9.04. The molecule has 0 bridgehead atoms. The van der Waals surface area contributed by atoms with Gasteiger partial charge in [0, 0.05) is 36.3 Å². The van der Waals surface area contributed by atoms with E-state index in [1.807, 2.05) is 18.2 Å². The van der Waals surface area contributed by atoms with Crippen LogP contribution < -0.4 is 10.6 Å². The number of rotatable bonds is 6. The molecular weight excluding hydrogens is 314 g/mol. The highest BCUT2D eigenvalue weighted by Gasteiger charge is 2.08. The van der Waals surface area contributed by atoms with Crippen molar-refractivity contribution in [3.05, 3.63) is 59.9 Å². The number of pyridine rings is 1. The first-order chi connectivity index (χ1) is 12.1. The highest BCUT2D eigenvalue weighted by atomic mass is 16.3. The number of hydrogen-bond acceptors (Lipinski definition) is 6. The predicted molar refractivity (Wildman–Crippen MR) is 100 cm³/mol. The zero-order valence-electron chi connectivity index (χ0n) is 14.3. The molecule has 0 saturated heterocycles. The van der Waals surface area contributed by atoms with E-state index in [9.17, 15) is 0 Å². The summed E-state index contributed by atoms with van der Waals surface area (Å²) < 4.78 is 0. The van der Waals surface area contributed by atoms with Crippen LogP contribution in [-0.2, 0) is 0 Å². The molecule has 0 aliphatic rings. The summed E-state index contributed by atoms with van der Waals surface area (Å²) in [5.41, 5.74) is 5.00. The molecule has 3 N–H and O–H groups in total. The summed E-state index contributed by atoms with van der Waals surface area (Å²) in [4.78, 5) is 13.1. The Labute approximate surface area is 147 Å². The van der Waals surface area contributed by atoms with Crippen LogP contribution in [0, 0.1) is 13.8 Å². The Balaban J connectivity index is 1.96. The van der Waals surface area contributed by atoms with Crippen molar-refractivity contribution in [3.8, 4) is 11.3 Å². The van der Waals surface area contributed by atoms with Crippen LogP contribution in [0.1, 0.15) is 11.1 Å². The molecule has 2 heterocycles. The average molecular weight is 335 g/mol. The average Bonchev–Trinajstić information content (AvgIpc) is 2.59. The van der Waals surface area contributed by atoms with E-state index in [2.05, 4.69) is 57.6 Å². The van der Waals surface area contributed by atoms with Crippen molar-refractivity contribution >= 4 is 17.5 Å². The summed E-state index contributed by atoms with van der Waals surface area (Å²) in [5.74, 6) is 1.14. The van der Waals surface area contributed by atoms with E-state index in [4.69, 9.17) is 5.11 Å². The fourth-order valence-corrected chi connectivity index (χ4v) is 2.61. The van der Waals surface area contributed by atoms with Gasteiger partial charge in [-0.1, -0.05) is 6.07 Å². The Kier molecular flexibility index (Phi) is 5.20. The molecule has 0 amide bonds. The molecule has 0 atom stereocenters. The number of aromatic nitrogens is 3. The Bertz CT molecular complexity index is 831. The minimum atomic E-state index is 0.0142. The van der Waals surface area contributed by atoms with Gasteiger partial charge in [-0.2, -0.15) is 4.98 Å². The third kappa shape index (κ3) is 4.51. The van der Waals surface area contributed by atoms with Gasteiger partial charge >= 0.3 is 0 Å². The van der Waals surface area contributed by atoms with E-state index in [0.29, 0.717) is 18.3 Å². The molecule has 6 nitrogen and oxygen atoms in total. The number of aliphatic hydroxyl groups excluding tert-OH is 1. The van der Waals surface area contributed by atoms with Crippen LogP contribution in [-0.4, -0.2) is 33.2 Å². The normalized spacial score (nSPS) is 10.5. The van der Waals surface area contributed by atoms with Gasteiger partial charge in [-0.25, -0.2) is 4.98 Å². The van der Waals surface area contributed by atoms with E-state index in [1.54, 1.807) is 12.4 Å². The number of nitrogens with zero attached hydrogens (tertiary/aromatic N) is 3. The Morgan fingerprint density at radius 3 is 2.52 bits per heavy atom. The third-order valence-corrected chi connectivity index (χ3v) is 3.57. The van der Waals surface area contributed by atoms with E-state index in [-0.39, 0.29) is 6.61 Å². The Morgan fingerprint density at radius 1 is 1.04 bits per heavy atom. The molecule has 0 spiro atoms. The number of nitrogens with one attached hydrogen (secondary N) is 2. The molecule has 0 aliphatic carbocycles. The lowest BCUT2D eigenvalue weighted by Crippen LogP contribution is -2.10. The largest absolute Gasteiger partial charge is 0.395 e. The van der Waals surface area contributed by atoms with E-state index in [1.165, 1.54) is 11.1 Å². The number of aliphatic hydroxyl groups is 1. The van der Waals surface area contributed by atoms with Gasteiger partial charge in [-0.3, -0.25) is 4.98 Å². The molecule has 1 aromatic carbocycles. The van der Waals surface area contributed by atoms with Gasteiger partial charge in [0.05, 0.1) is 12.3 Å². The molecule has 0 saturated carbocycles. The molecule has 3 rings (SSSR count). The lowest BCUT2D eigenvalue weighted by Gasteiger charge is -2.12. The van der Waals surface area contributed by atoms with Gasteiger partial charge in [0.15, 0.2) is 0 Å². The van der Waals surface area contributed by atoms with Gasteiger partial charge in [-0.15, -0.1) is 0 Å². The summed E-state index contributed by atoms with van der Waals surface area (Å²) in [6, 6.07) is 12.0. The van der Waals surface area contributed by atoms with Crippen molar-refractivity contribution in [2.45, 2.75) is 13.8 Å². The van der Waals surface area contributed by atoms with Crippen LogP contribution in [0.2, 0.25) is 0 Å². The number of aryl methyl sites for hydroxylation is 2. The van der Waals surface area contributed by atoms with Crippen LogP contribution >= 0.6 is 0 Å². The molecule has 0 unspecified atom stereocenters. The van der Waals surface area contributed by atoms with Crippen molar-refractivity contribution < 1.29 is 5.11 Å². The predicted octanol–water partition coefficient (Wildman–Crippen LogP) is 3.30. The molecule has 3 aromatic rings. The zero-order valence-corrected chi connectivity index (χ0v) is 14.3. The van der Waals surface area contributed by atoms with Crippen molar-refractivity contribution in [3.63, 3.8) is 0 Å². The van der Waals surface area contributed by atoms with Crippen molar-refractivity contribution in [1.29, 1.82) is 0 Å². The van der Waals surface area contributed by atoms with Crippen LogP contribution in [0.25, 0.3) is 11.3 Å². The Hall–Kier alpha value is -2.99. The van der Waals surface area contributed by atoms with Gasteiger partial charge in [-0.05, 0) is 49.2 Å². The van der Waals surface area contributed by atoms with E-state index >= 15 is 0 Å². The number of benzene rings is 1. The van der Waals surface area contributed by atoms with Crippen molar-refractivity contribution in [2.75, 3.05) is 23.8 Å². The minimum Gasteiger partial charge on any atom is -0.395 e. The first-order valence-corrected chi connectivity index (χ1v) is 8.13. The van der Waals surface area contributed by atoms with E-state index < -0.39 is 0 Å². The van der Waals surface area contributed by atoms with Crippen LogP contribution in [0.3, 0.4) is 0 Å². The molecule has 25 heavy (non-hydrogen) atoms. The monoisotopic (exact) mass is 335 g/mol. The quantitative estimate of drug-likeness (QED) is 0.641. The standard InChI is InChI=1S/C19H21N5O/c1-13-8-14(2)10-16(9-13)22-18-11-17(15-4-3-5-20-12-15)23-19(24-18)21-6-7-25/h3-5,8-12,25H,6-7H2,1-2H3,(H2,21,22,23,24). The second kappa shape index (κ2) is 7.72. The fourth-order valence-electron chi connectivity index (χ4n) is 2.61. The lowest BCUT2D eigenvalue weighted by atomic mass is 10.1.